The second-order valence-corrected chi connectivity index (χ2v) is 10.3. The number of carboxylic acid groups (broad SMARTS) is 1. The van der Waals surface area contributed by atoms with Gasteiger partial charge in [-0.3, -0.25) is 4.79 Å². The van der Waals surface area contributed by atoms with Crippen LogP contribution in [0.2, 0.25) is 5.02 Å². The van der Waals surface area contributed by atoms with Crippen molar-refractivity contribution in [2.45, 2.75) is 50.5 Å². The van der Waals surface area contributed by atoms with Crippen LogP contribution in [0.3, 0.4) is 0 Å². The van der Waals surface area contributed by atoms with Gasteiger partial charge in [0.2, 0.25) is 0 Å². The lowest BCUT2D eigenvalue weighted by molar-refractivity contribution is -0.184. The maximum absolute atomic E-state index is 14.0. The summed E-state index contributed by atoms with van der Waals surface area (Å²) < 4.78 is 7.39. The molecule has 0 aromatic heterocycles. The number of nitriles is 1. The number of benzene rings is 3. The predicted molar refractivity (Wildman–Crippen MR) is 144 cm³/mol. The fraction of sp³-hybridized carbons (Fsp3) is 0.276. The average molecular weight is 582 g/mol. The van der Waals surface area contributed by atoms with Crippen LogP contribution in [-0.2, 0) is 20.7 Å². The summed E-state index contributed by atoms with van der Waals surface area (Å²) in [5.74, 6) is -1.42. The Bertz CT molecular complexity index is 1290. The number of rotatable bonds is 8. The van der Waals surface area contributed by atoms with E-state index in [0.29, 0.717) is 23.4 Å². The Morgan fingerprint density at radius 3 is 2.27 bits per heavy atom. The molecule has 1 N–H and O–H groups in total. The molecule has 0 aliphatic carbocycles. The van der Waals surface area contributed by atoms with E-state index >= 15 is 0 Å². The van der Waals surface area contributed by atoms with Gasteiger partial charge in [0, 0.05) is 15.9 Å². The third-order valence-electron chi connectivity index (χ3n) is 6.52. The van der Waals surface area contributed by atoms with Crippen molar-refractivity contribution in [1.82, 2.24) is 4.90 Å². The molecule has 0 radical (unpaired) electrons. The highest BCUT2D eigenvalue weighted by atomic mass is 79.9. The van der Waals surface area contributed by atoms with Crippen LogP contribution in [0.1, 0.15) is 54.2 Å². The minimum atomic E-state index is -1.05. The van der Waals surface area contributed by atoms with Crippen molar-refractivity contribution in [3.63, 3.8) is 0 Å². The summed E-state index contributed by atoms with van der Waals surface area (Å²) >= 11 is 9.61. The van der Waals surface area contributed by atoms with Crippen molar-refractivity contribution in [2.75, 3.05) is 0 Å². The van der Waals surface area contributed by atoms with Gasteiger partial charge < -0.3 is 14.7 Å². The van der Waals surface area contributed by atoms with Gasteiger partial charge in [-0.25, -0.2) is 4.79 Å². The Labute approximate surface area is 229 Å². The van der Waals surface area contributed by atoms with Crippen LogP contribution < -0.4 is 0 Å². The Morgan fingerprint density at radius 2 is 1.70 bits per heavy atom. The number of carbonyl (C=O) groups excluding carboxylic acids is 1. The fourth-order valence-corrected chi connectivity index (χ4v) is 5.13. The van der Waals surface area contributed by atoms with E-state index in [4.69, 9.17) is 21.6 Å². The van der Waals surface area contributed by atoms with Crippen molar-refractivity contribution in [2.24, 2.45) is 0 Å². The molecule has 0 unspecified atom stereocenters. The lowest BCUT2D eigenvalue weighted by Crippen LogP contribution is -2.57. The molecule has 3 aromatic carbocycles. The number of halogens is 2. The first-order chi connectivity index (χ1) is 17.8. The average Bonchev–Trinajstić information content (AvgIpc) is 2.90. The molecule has 4 atom stereocenters. The highest BCUT2D eigenvalue weighted by Crippen LogP contribution is 2.44. The van der Waals surface area contributed by atoms with Crippen molar-refractivity contribution >= 4 is 39.4 Å². The highest BCUT2D eigenvalue weighted by molar-refractivity contribution is 9.10. The zero-order chi connectivity index (χ0) is 26.5. The van der Waals surface area contributed by atoms with Crippen LogP contribution in [0.15, 0.2) is 77.3 Å². The van der Waals surface area contributed by atoms with E-state index in [1.165, 1.54) is 4.90 Å². The van der Waals surface area contributed by atoms with Gasteiger partial charge in [0.1, 0.15) is 18.2 Å². The molecule has 1 fully saturated rings. The number of nitrogens with zero attached hydrogens (tertiary/aromatic N) is 2. The molecule has 0 bridgehead atoms. The number of morpholine rings is 1. The van der Waals surface area contributed by atoms with Gasteiger partial charge in [-0.15, -0.1) is 0 Å². The third kappa shape index (κ3) is 6.04. The molecule has 1 amide bonds. The van der Waals surface area contributed by atoms with Crippen LogP contribution in [-0.4, -0.2) is 34.0 Å². The van der Waals surface area contributed by atoms with Crippen LogP contribution >= 0.6 is 27.5 Å². The molecular weight excluding hydrogens is 556 g/mol. The number of amides is 1. The largest absolute Gasteiger partial charge is 0.480 e. The van der Waals surface area contributed by atoms with Crippen molar-refractivity contribution < 1.29 is 19.4 Å². The third-order valence-corrected chi connectivity index (χ3v) is 7.31. The summed E-state index contributed by atoms with van der Waals surface area (Å²) in [7, 11) is 0. The van der Waals surface area contributed by atoms with E-state index in [9.17, 15) is 14.7 Å². The number of carboxylic acids is 1. The zero-order valence-electron chi connectivity index (χ0n) is 20.2. The monoisotopic (exact) mass is 580 g/mol. The standard InChI is InChI=1S/C29H26BrClN2O4/c1-2-3-24(29(35)36)33-26(20-8-12-22(30)13-9-20)27(21-10-14-23(31)15-11-21)37-25(28(33)34)16-18-4-6-19(17-32)7-5-18/h4-15,24-27H,2-3,16H2,1H3,(H,35,36)/t24-,25+,26-,27+/m1/s1. The molecule has 1 heterocycles. The molecule has 3 aromatic rings. The Morgan fingerprint density at radius 1 is 1.08 bits per heavy atom. The summed E-state index contributed by atoms with van der Waals surface area (Å²) in [6.45, 7) is 1.90. The predicted octanol–water partition coefficient (Wildman–Crippen LogP) is 6.48. The van der Waals surface area contributed by atoms with E-state index in [2.05, 4.69) is 22.0 Å². The molecule has 1 aliphatic rings. The van der Waals surface area contributed by atoms with E-state index < -0.39 is 30.3 Å². The lowest BCUT2D eigenvalue weighted by atomic mass is 9.88. The number of aliphatic carboxylic acids is 1. The van der Waals surface area contributed by atoms with Gasteiger partial charge in [0.15, 0.2) is 0 Å². The maximum atomic E-state index is 14.0. The summed E-state index contributed by atoms with van der Waals surface area (Å²) in [5.41, 5.74) is 2.90. The first-order valence-electron chi connectivity index (χ1n) is 12.0. The first-order valence-corrected chi connectivity index (χ1v) is 13.2. The lowest BCUT2D eigenvalue weighted by Gasteiger charge is -2.47. The Balaban J connectivity index is 1.83. The molecule has 0 saturated carbocycles. The molecule has 8 heteroatoms. The Kier molecular flexibility index (Phi) is 8.65. The normalized spacial score (nSPS) is 20.3. The van der Waals surface area contributed by atoms with Crippen LogP contribution in [0.25, 0.3) is 0 Å². The zero-order valence-corrected chi connectivity index (χ0v) is 22.5. The quantitative estimate of drug-likeness (QED) is 0.329. The molecular formula is C29H26BrClN2O4. The SMILES string of the molecule is CCC[C@H](C(=O)O)N1C(=O)[C@H](Cc2ccc(C#N)cc2)O[C@@H](c2ccc(Cl)cc2)[C@H]1c1ccc(Br)cc1. The van der Waals surface area contributed by atoms with Gasteiger partial charge >= 0.3 is 5.97 Å². The van der Waals surface area contributed by atoms with Crippen LogP contribution in [0.5, 0.6) is 0 Å². The highest BCUT2D eigenvalue weighted by Gasteiger charge is 2.48. The second-order valence-electron chi connectivity index (χ2n) is 8.99. The van der Waals surface area contributed by atoms with Crippen molar-refractivity contribution in [3.05, 3.63) is 105 Å². The molecule has 37 heavy (non-hydrogen) atoms. The van der Waals surface area contributed by atoms with Crippen molar-refractivity contribution in [3.8, 4) is 6.07 Å². The number of carbonyl (C=O) groups is 2. The summed E-state index contributed by atoms with van der Waals surface area (Å²) in [6, 6.07) is 22.1. The van der Waals surface area contributed by atoms with E-state index in [1.54, 1.807) is 36.4 Å². The van der Waals surface area contributed by atoms with Crippen LogP contribution in [0, 0.1) is 11.3 Å². The van der Waals surface area contributed by atoms with Gasteiger partial charge in [-0.2, -0.15) is 5.26 Å². The van der Waals surface area contributed by atoms with E-state index in [0.717, 1.165) is 21.2 Å². The van der Waals surface area contributed by atoms with E-state index in [-0.39, 0.29) is 12.3 Å². The Hall–Kier alpha value is -3.18. The molecule has 1 aliphatic heterocycles. The molecule has 1 saturated heterocycles. The van der Waals surface area contributed by atoms with Gasteiger partial charge in [-0.05, 0) is 59.5 Å². The minimum Gasteiger partial charge on any atom is -0.480 e. The number of hydrogen-bond acceptors (Lipinski definition) is 4. The number of hydrogen-bond donors (Lipinski definition) is 1. The van der Waals surface area contributed by atoms with Gasteiger partial charge in [0.05, 0.1) is 17.7 Å². The van der Waals surface area contributed by atoms with Gasteiger partial charge in [0.25, 0.3) is 5.91 Å². The fourth-order valence-electron chi connectivity index (χ4n) is 4.73. The maximum Gasteiger partial charge on any atom is 0.326 e. The summed E-state index contributed by atoms with van der Waals surface area (Å²) in [6.07, 6.45) is -0.375. The summed E-state index contributed by atoms with van der Waals surface area (Å²) in [4.78, 5) is 28.0. The molecule has 190 valence electrons. The van der Waals surface area contributed by atoms with E-state index in [1.807, 2.05) is 43.3 Å². The van der Waals surface area contributed by atoms with Crippen LogP contribution in [0.4, 0.5) is 0 Å². The first kappa shape index (κ1) is 26.9. The smallest absolute Gasteiger partial charge is 0.326 e. The molecule has 4 rings (SSSR count). The van der Waals surface area contributed by atoms with Gasteiger partial charge in [-0.1, -0.05) is 77.3 Å². The second kappa shape index (κ2) is 11.9. The molecule has 6 nitrogen and oxygen atoms in total. The summed E-state index contributed by atoms with van der Waals surface area (Å²) in [5, 5.41) is 19.9. The number of ether oxygens (including phenoxy) is 1. The molecule has 0 spiro atoms. The van der Waals surface area contributed by atoms with Crippen molar-refractivity contribution in [1.29, 1.82) is 5.26 Å². The topological polar surface area (TPSA) is 90.6 Å². The minimum absolute atomic E-state index is 0.247.